The highest BCUT2D eigenvalue weighted by Crippen LogP contribution is 2.34. The average molecular weight is 445 g/mol. The van der Waals surface area contributed by atoms with Gasteiger partial charge in [0.25, 0.3) is 0 Å². The Morgan fingerprint density at radius 3 is 2.44 bits per heavy atom. The average Bonchev–Trinajstić information content (AvgIpc) is 3.18. The van der Waals surface area contributed by atoms with E-state index >= 15 is 0 Å². The van der Waals surface area contributed by atoms with Crippen molar-refractivity contribution in [3.8, 4) is 22.3 Å². The highest BCUT2D eigenvalue weighted by molar-refractivity contribution is 6.31. The largest absolute Gasteiger partial charge is 0.347 e. The van der Waals surface area contributed by atoms with Gasteiger partial charge in [0, 0.05) is 83.9 Å². The molecule has 32 heavy (non-hydrogen) atoms. The Balaban J connectivity index is 1.42. The van der Waals surface area contributed by atoms with Crippen LogP contribution in [0.3, 0.4) is 0 Å². The van der Waals surface area contributed by atoms with Crippen molar-refractivity contribution in [1.82, 2.24) is 19.4 Å². The number of benzene rings is 2. The molecule has 2 aromatic carbocycles. The van der Waals surface area contributed by atoms with Crippen LogP contribution >= 0.6 is 11.6 Å². The highest BCUT2D eigenvalue weighted by Gasteiger charge is 2.15. The number of hydrogen-bond donors (Lipinski definition) is 0. The molecule has 0 aliphatic carbocycles. The quantitative estimate of drug-likeness (QED) is 0.383. The third-order valence-corrected chi connectivity index (χ3v) is 6.70. The van der Waals surface area contributed by atoms with Crippen LogP contribution in [-0.4, -0.2) is 59.1 Å². The van der Waals surface area contributed by atoms with Gasteiger partial charge in [-0.15, -0.1) is 0 Å². The highest BCUT2D eigenvalue weighted by atomic mass is 35.5. The van der Waals surface area contributed by atoms with Crippen LogP contribution in [0.2, 0.25) is 5.02 Å². The second-order valence-electron chi connectivity index (χ2n) is 8.72. The lowest BCUT2D eigenvalue weighted by Gasteiger charge is -2.32. The van der Waals surface area contributed by atoms with E-state index in [1.165, 1.54) is 48.2 Å². The van der Waals surface area contributed by atoms with Crippen LogP contribution in [-0.2, 0) is 6.54 Å². The number of rotatable bonds is 6. The molecular weight excluding hydrogens is 416 g/mol. The van der Waals surface area contributed by atoms with E-state index in [1.54, 1.807) is 0 Å². The van der Waals surface area contributed by atoms with Crippen LogP contribution in [0.15, 0.2) is 73.2 Å². The third-order valence-electron chi connectivity index (χ3n) is 6.47. The van der Waals surface area contributed by atoms with E-state index in [9.17, 15) is 0 Å². The molecule has 1 aliphatic heterocycles. The van der Waals surface area contributed by atoms with Crippen LogP contribution in [0.1, 0.15) is 6.42 Å². The summed E-state index contributed by atoms with van der Waals surface area (Å²) < 4.78 is 2.38. The maximum absolute atomic E-state index is 6.40. The molecule has 1 saturated heterocycles. The number of piperazine rings is 1. The van der Waals surface area contributed by atoms with E-state index in [2.05, 4.69) is 75.1 Å². The van der Waals surface area contributed by atoms with Crippen molar-refractivity contribution in [2.24, 2.45) is 0 Å². The molecule has 2 aromatic heterocycles. The Morgan fingerprint density at radius 2 is 1.62 bits per heavy atom. The minimum absolute atomic E-state index is 0.765. The molecule has 0 unspecified atom stereocenters. The topological polar surface area (TPSA) is 24.3 Å². The summed E-state index contributed by atoms with van der Waals surface area (Å²) >= 11 is 6.40. The molecule has 1 aliphatic rings. The Kier molecular flexibility index (Phi) is 6.26. The van der Waals surface area contributed by atoms with Gasteiger partial charge in [0.1, 0.15) is 0 Å². The van der Waals surface area contributed by atoms with Gasteiger partial charge in [0.05, 0.1) is 0 Å². The Labute approximate surface area is 195 Å². The fourth-order valence-corrected chi connectivity index (χ4v) is 4.77. The molecule has 5 rings (SSSR count). The maximum atomic E-state index is 6.40. The van der Waals surface area contributed by atoms with Crippen molar-refractivity contribution in [2.45, 2.75) is 13.0 Å². The lowest BCUT2D eigenvalue weighted by atomic mass is 10.0. The summed E-state index contributed by atoms with van der Waals surface area (Å²) in [5.74, 6) is 0. The van der Waals surface area contributed by atoms with Crippen LogP contribution in [0.25, 0.3) is 33.2 Å². The van der Waals surface area contributed by atoms with Gasteiger partial charge in [0.15, 0.2) is 0 Å². The minimum Gasteiger partial charge on any atom is -0.347 e. The fourth-order valence-electron chi connectivity index (χ4n) is 4.60. The summed E-state index contributed by atoms with van der Waals surface area (Å²) in [6, 6.07) is 18.9. The molecule has 0 N–H and O–H groups in total. The molecular formula is C27H29ClN4. The number of likely N-dealkylation sites (N-methyl/N-ethyl adjacent to an activating group) is 1. The van der Waals surface area contributed by atoms with Gasteiger partial charge in [-0.3, -0.25) is 4.98 Å². The first-order valence-electron chi connectivity index (χ1n) is 11.4. The Hall–Kier alpha value is -2.66. The van der Waals surface area contributed by atoms with Crippen LogP contribution < -0.4 is 0 Å². The number of aromatic nitrogens is 2. The molecule has 164 valence electrons. The van der Waals surface area contributed by atoms with Gasteiger partial charge in [-0.1, -0.05) is 41.9 Å². The van der Waals surface area contributed by atoms with E-state index < -0.39 is 0 Å². The zero-order chi connectivity index (χ0) is 21.9. The second kappa shape index (κ2) is 9.45. The van der Waals surface area contributed by atoms with Crippen molar-refractivity contribution in [3.63, 3.8) is 0 Å². The SMILES string of the molecule is CN1CCN(CCCn2cc(-c3cncc(-c4ccccc4)c3)c3cc(Cl)ccc32)CC1. The zero-order valence-electron chi connectivity index (χ0n) is 18.5. The predicted molar refractivity (Wildman–Crippen MR) is 134 cm³/mol. The zero-order valence-corrected chi connectivity index (χ0v) is 19.3. The van der Waals surface area contributed by atoms with E-state index in [0.717, 1.165) is 35.7 Å². The first-order chi connectivity index (χ1) is 15.7. The smallest absolute Gasteiger partial charge is 0.0487 e. The van der Waals surface area contributed by atoms with Gasteiger partial charge in [-0.05, 0) is 49.8 Å². The van der Waals surface area contributed by atoms with E-state index in [-0.39, 0.29) is 0 Å². The summed E-state index contributed by atoms with van der Waals surface area (Å²) in [6.45, 7) is 6.81. The van der Waals surface area contributed by atoms with Crippen molar-refractivity contribution in [2.75, 3.05) is 39.8 Å². The normalized spacial score (nSPS) is 15.4. The summed E-state index contributed by atoms with van der Waals surface area (Å²) in [6.07, 6.45) is 7.30. The van der Waals surface area contributed by atoms with Gasteiger partial charge < -0.3 is 14.4 Å². The number of fused-ring (bicyclic) bond motifs is 1. The van der Waals surface area contributed by atoms with Crippen molar-refractivity contribution >= 4 is 22.5 Å². The molecule has 0 bridgehead atoms. The Bertz CT molecular complexity index is 1190. The molecule has 4 aromatic rings. The monoisotopic (exact) mass is 444 g/mol. The molecule has 0 saturated carbocycles. The number of halogens is 1. The molecule has 3 heterocycles. The second-order valence-corrected chi connectivity index (χ2v) is 9.16. The summed E-state index contributed by atoms with van der Waals surface area (Å²) in [5.41, 5.74) is 5.84. The van der Waals surface area contributed by atoms with Crippen LogP contribution in [0.5, 0.6) is 0 Å². The fraction of sp³-hybridized carbons (Fsp3) is 0.296. The number of hydrogen-bond acceptors (Lipinski definition) is 3. The molecule has 1 fully saturated rings. The molecule has 4 nitrogen and oxygen atoms in total. The summed E-state index contributed by atoms with van der Waals surface area (Å²) in [4.78, 5) is 9.54. The molecule has 0 spiro atoms. The van der Waals surface area contributed by atoms with Crippen LogP contribution in [0.4, 0.5) is 0 Å². The van der Waals surface area contributed by atoms with Crippen molar-refractivity contribution in [1.29, 1.82) is 0 Å². The molecule has 0 amide bonds. The van der Waals surface area contributed by atoms with Gasteiger partial charge in [-0.2, -0.15) is 0 Å². The van der Waals surface area contributed by atoms with Crippen molar-refractivity contribution in [3.05, 3.63) is 78.2 Å². The predicted octanol–water partition coefficient (Wildman–Crippen LogP) is 5.66. The van der Waals surface area contributed by atoms with E-state index in [0.29, 0.717) is 0 Å². The first-order valence-corrected chi connectivity index (χ1v) is 11.8. The number of aryl methyl sites for hydroxylation is 1. The molecule has 0 radical (unpaired) electrons. The van der Waals surface area contributed by atoms with Crippen molar-refractivity contribution < 1.29 is 0 Å². The van der Waals surface area contributed by atoms with Gasteiger partial charge >= 0.3 is 0 Å². The Morgan fingerprint density at radius 1 is 0.844 bits per heavy atom. The summed E-state index contributed by atoms with van der Waals surface area (Å²) in [7, 11) is 2.21. The standard InChI is InChI=1S/C27H29ClN4/c1-30-12-14-31(15-13-30)10-5-11-32-20-26(25-17-24(28)8-9-27(25)32)23-16-22(18-29-19-23)21-6-3-2-4-7-21/h2-4,6-9,16-20H,5,10-15H2,1H3. The lowest BCUT2D eigenvalue weighted by Crippen LogP contribution is -2.44. The van der Waals surface area contributed by atoms with Gasteiger partial charge in [-0.25, -0.2) is 0 Å². The number of pyridine rings is 1. The van der Waals surface area contributed by atoms with E-state index in [1.807, 2.05) is 24.5 Å². The molecule has 5 heteroatoms. The lowest BCUT2D eigenvalue weighted by molar-refractivity contribution is 0.151. The van der Waals surface area contributed by atoms with Gasteiger partial charge in [0.2, 0.25) is 0 Å². The molecule has 0 atom stereocenters. The summed E-state index contributed by atoms with van der Waals surface area (Å²) in [5, 5.41) is 1.95. The van der Waals surface area contributed by atoms with E-state index in [4.69, 9.17) is 11.6 Å². The minimum atomic E-state index is 0.765. The maximum Gasteiger partial charge on any atom is 0.0487 e. The third kappa shape index (κ3) is 4.58. The first kappa shape index (κ1) is 21.2. The number of nitrogens with zero attached hydrogens (tertiary/aromatic N) is 4. The van der Waals surface area contributed by atoms with Crippen LogP contribution in [0, 0.1) is 0 Å².